The quantitative estimate of drug-likeness (QED) is 0.592. The molecule has 2 aliphatic heterocycles. The van der Waals surface area contributed by atoms with Crippen LogP contribution in [-0.4, -0.2) is 58.8 Å². The van der Waals surface area contributed by atoms with E-state index in [9.17, 15) is 14.4 Å². The summed E-state index contributed by atoms with van der Waals surface area (Å²) in [5.74, 6) is -0.104. The minimum atomic E-state index is -0.749. The van der Waals surface area contributed by atoms with Gasteiger partial charge in [-0.05, 0) is 27.7 Å². The van der Waals surface area contributed by atoms with Gasteiger partial charge in [-0.15, -0.1) is 0 Å². The first-order chi connectivity index (χ1) is 11.7. The average molecular weight is 348 g/mol. The molecule has 134 valence electrons. The van der Waals surface area contributed by atoms with Gasteiger partial charge in [0, 0.05) is 7.05 Å². The molecule has 2 aliphatic rings. The van der Waals surface area contributed by atoms with Crippen molar-refractivity contribution in [2.75, 3.05) is 20.7 Å². The topological polar surface area (TPSA) is 88.1 Å². The number of ether oxygens (including phenoxy) is 1. The Labute approximate surface area is 145 Å². The van der Waals surface area contributed by atoms with Crippen molar-refractivity contribution < 1.29 is 23.7 Å². The van der Waals surface area contributed by atoms with Crippen LogP contribution in [0.2, 0.25) is 0 Å². The standard InChI is InChI=1S/C16H22N5O4/c1-8(2)20-9(3)10(4)21-12-13(17-15(20)21)18(5)16(24)19(14(12)23)7-11(22)25-6/h8,12H,7H2,1-6H3/q+1. The number of fused-ring (bicyclic) bond motifs is 3. The van der Waals surface area contributed by atoms with E-state index in [0.29, 0.717) is 11.8 Å². The Morgan fingerprint density at radius 3 is 2.52 bits per heavy atom. The van der Waals surface area contributed by atoms with E-state index in [4.69, 9.17) is 0 Å². The normalized spacial score (nSPS) is 19.3. The van der Waals surface area contributed by atoms with Gasteiger partial charge < -0.3 is 4.74 Å². The molecule has 1 atom stereocenters. The highest BCUT2D eigenvalue weighted by atomic mass is 16.5. The molecule has 3 rings (SSSR count). The van der Waals surface area contributed by atoms with E-state index in [1.165, 1.54) is 12.0 Å². The highest BCUT2D eigenvalue weighted by Gasteiger charge is 2.54. The number of imide groups is 1. The lowest BCUT2D eigenvalue weighted by molar-refractivity contribution is -0.682. The first-order valence-electron chi connectivity index (χ1n) is 8.08. The van der Waals surface area contributed by atoms with E-state index in [1.807, 2.05) is 36.8 Å². The predicted octanol–water partition coefficient (Wildman–Crippen LogP) is 0.625. The van der Waals surface area contributed by atoms with Crippen LogP contribution >= 0.6 is 0 Å². The molecule has 9 heteroatoms. The summed E-state index contributed by atoms with van der Waals surface area (Å²) in [7, 11) is 2.77. The summed E-state index contributed by atoms with van der Waals surface area (Å²) in [6.07, 6.45) is 0. The number of methoxy groups -OCH3 is 1. The number of nitrogens with zero attached hydrogens (tertiary/aromatic N) is 5. The number of urea groups is 1. The number of likely N-dealkylation sites (N-methyl/N-ethyl adjacent to an activating group) is 1. The third kappa shape index (κ3) is 2.25. The summed E-state index contributed by atoms with van der Waals surface area (Å²) in [6, 6.07) is -1.18. The number of hydrogen-bond acceptors (Lipinski definition) is 5. The number of aromatic nitrogens is 2. The van der Waals surface area contributed by atoms with E-state index in [-0.39, 0.29) is 6.04 Å². The molecule has 0 saturated carbocycles. The largest absolute Gasteiger partial charge is 0.468 e. The second-order valence-corrected chi connectivity index (χ2v) is 6.52. The molecule has 3 heterocycles. The second kappa shape index (κ2) is 5.68. The van der Waals surface area contributed by atoms with Crippen LogP contribution in [0, 0.1) is 13.8 Å². The van der Waals surface area contributed by atoms with Gasteiger partial charge in [0.25, 0.3) is 5.91 Å². The number of hydrogen-bond donors (Lipinski definition) is 0. The monoisotopic (exact) mass is 348 g/mol. The number of esters is 1. The Hall–Kier alpha value is -2.71. The molecule has 1 fully saturated rings. The number of rotatable bonds is 3. The van der Waals surface area contributed by atoms with E-state index in [2.05, 4.69) is 9.73 Å². The minimum Gasteiger partial charge on any atom is -0.468 e. The third-order valence-electron chi connectivity index (χ3n) is 4.79. The van der Waals surface area contributed by atoms with Crippen LogP contribution in [0.5, 0.6) is 0 Å². The van der Waals surface area contributed by atoms with Gasteiger partial charge in [-0.1, -0.05) is 4.99 Å². The lowest BCUT2D eigenvalue weighted by Gasteiger charge is -2.32. The van der Waals surface area contributed by atoms with E-state index >= 15 is 0 Å². The van der Waals surface area contributed by atoms with Crippen LogP contribution in [-0.2, 0) is 14.3 Å². The molecule has 1 aromatic rings. The number of amides is 3. The number of imidazole rings is 1. The maximum Gasteiger partial charge on any atom is 0.402 e. The molecule has 0 aliphatic carbocycles. The van der Waals surface area contributed by atoms with Gasteiger partial charge in [-0.25, -0.2) is 18.8 Å². The van der Waals surface area contributed by atoms with Crippen LogP contribution in [0.15, 0.2) is 4.99 Å². The Kier molecular flexibility index (Phi) is 3.89. The third-order valence-corrected chi connectivity index (χ3v) is 4.79. The Morgan fingerprint density at radius 1 is 1.32 bits per heavy atom. The van der Waals surface area contributed by atoms with Gasteiger partial charge in [0.15, 0.2) is 0 Å². The zero-order valence-electron chi connectivity index (χ0n) is 15.2. The summed E-state index contributed by atoms with van der Waals surface area (Å²) in [5, 5.41) is 0. The molecule has 1 saturated heterocycles. The Bertz CT molecular complexity index is 823. The SMILES string of the molecule is COC(=O)CN1C(=O)C2C(=Nc3n(C(C)C)c(C)c(C)[n+]32)N(C)C1=O. The summed E-state index contributed by atoms with van der Waals surface area (Å²) < 4.78 is 8.47. The fraction of sp³-hybridized carbons (Fsp3) is 0.562. The van der Waals surface area contributed by atoms with Crippen molar-refractivity contribution in [1.82, 2.24) is 14.4 Å². The molecule has 1 unspecified atom stereocenters. The van der Waals surface area contributed by atoms with Crippen molar-refractivity contribution in [1.29, 1.82) is 0 Å². The Balaban J connectivity index is 2.13. The van der Waals surface area contributed by atoms with Crippen LogP contribution in [0.3, 0.4) is 0 Å². The van der Waals surface area contributed by atoms with Gasteiger partial charge in [0.2, 0.25) is 11.9 Å². The zero-order valence-corrected chi connectivity index (χ0v) is 15.2. The molecule has 25 heavy (non-hydrogen) atoms. The number of amidine groups is 1. The molecule has 3 amide bonds. The highest BCUT2D eigenvalue weighted by Crippen LogP contribution is 2.32. The molecule has 0 N–H and O–H groups in total. The molecule has 0 aromatic carbocycles. The summed E-state index contributed by atoms with van der Waals surface area (Å²) in [5.41, 5.74) is 1.92. The molecular formula is C16H22N5O4+. The summed E-state index contributed by atoms with van der Waals surface area (Å²) >= 11 is 0. The predicted molar refractivity (Wildman–Crippen MR) is 87.5 cm³/mol. The molecule has 0 spiro atoms. The van der Waals surface area contributed by atoms with Crippen molar-refractivity contribution in [3.05, 3.63) is 11.4 Å². The van der Waals surface area contributed by atoms with Gasteiger partial charge in [-0.3, -0.25) is 14.5 Å². The van der Waals surface area contributed by atoms with E-state index in [0.717, 1.165) is 16.3 Å². The average Bonchev–Trinajstić information content (AvgIpc) is 3.05. The van der Waals surface area contributed by atoms with E-state index < -0.39 is 30.5 Å². The highest BCUT2D eigenvalue weighted by molar-refractivity contribution is 6.19. The Morgan fingerprint density at radius 2 is 1.96 bits per heavy atom. The summed E-state index contributed by atoms with van der Waals surface area (Å²) in [6.45, 7) is 7.56. The minimum absolute atomic E-state index is 0.154. The summed E-state index contributed by atoms with van der Waals surface area (Å²) in [4.78, 5) is 43.9. The zero-order chi connectivity index (χ0) is 18.6. The number of carbonyl (C=O) groups is 3. The first-order valence-corrected chi connectivity index (χ1v) is 8.08. The van der Waals surface area contributed by atoms with Gasteiger partial charge in [-0.2, -0.15) is 0 Å². The smallest absolute Gasteiger partial charge is 0.402 e. The maximum absolute atomic E-state index is 13.0. The van der Waals surface area contributed by atoms with Crippen molar-refractivity contribution in [3.63, 3.8) is 0 Å². The molecule has 0 radical (unpaired) electrons. The fourth-order valence-corrected chi connectivity index (χ4v) is 3.42. The molecular weight excluding hydrogens is 326 g/mol. The van der Waals surface area contributed by atoms with Gasteiger partial charge in [0.1, 0.15) is 17.9 Å². The molecule has 0 bridgehead atoms. The van der Waals surface area contributed by atoms with Crippen molar-refractivity contribution in [2.45, 2.75) is 39.8 Å². The van der Waals surface area contributed by atoms with E-state index in [1.54, 1.807) is 7.05 Å². The lowest BCUT2D eigenvalue weighted by atomic mass is 10.1. The number of aliphatic imine (C=N–C) groups is 1. The van der Waals surface area contributed by atoms with Crippen LogP contribution < -0.4 is 4.57 Å². The second-order valence-electron chi connectivity index (χ2n) is 6.52. The van der Waals surface area contributed by atoms with Crippen molar-refractivity contribution in [3.8, 4) is 0 Å². The van der Waals surface area contributed by atoms with Gasteiger partial charge in [0.05, 0.1) is 13.2 Å². The molecule has 9 nitrogen and oxygen atoms in total. The van der Waals surface area contributed by atoms with Crippen molar-refractivity contribution >= 4 is 29.7 Å². The van der Waals surface area contributed by atoms with Crippen molar-refractivity contribution in [2.24, 2.45) is 4.99 Å². The maximum atomic E-state index is 13.0. The lowest BCUT2D eigenvalue weighted by Crippen LogP contribution is -2.64. The fourth-order valence-electron chi connectivity index (χ4n) is 3.42. The van der Waals surface area contributed by atoms with Crippen LogP contribution in [0.1, 0.15) is 37.3 Å². The van der Waals surface area contributed by atoms with Crippen LogP contribution in [0.25, 0.3) is 0 Å². The van der Waals surface area contributed by atoms with Gasteiger partial charge >= 0.3 is 17.9 Å². The molecule has 1 aromatic heterocycles. The number of carbonyl (C=O) groups excluding carboxylic acids is 3. The first kappa shape index (κ1) is 17.1. The van der Waals surface area contributed by atoms with Crippen LogP contribution in [0.4, 0.5) is 10.7 Å².